The molecule has 0 bridgehead atoms. The Balaban J connectivity index is 1.59. The normalized spacial score (nSPS) is 10.9. The van der Waals surface area contributed by atoms with Gasteiger partial charge in [-0.05, 0) is 44.2 Å². The van der Waals surface area contributed by atoms with Crippen LogP contribution in [-0.4, -0.2) is 28.0 Å². The van der Waals surface area contributed by atoms with Crippen molar-refractivity contribution in [3.63, 3.8) is 0 Å². The molecule has 1 aromatic carbocycles. The summed E-state index contributed by atoms with van der Waals surface area (Å²) < 4.78 is 10.3. The predicted octanol–water partition coefficient (Wildman–Crippen LogP) is 3.69. The van der Waals surface area contributed by atoms with Gasteiger partial charge in [0.05, 0.1) is 17.0 Å². The number of rotatable bonds is 7. The Bertz CT molecular complexity index is 966. The van der Waals surface area contributed by atoms with E-state index in [2.05, 4.69) is 20.8 Å². The van der Waals surface area contributed by atoms with Crippen LogP contribution in [0.2, 0.25) is 5.02 Å². The van der Waals surface area contributed by atoms with E-state index in [1.807, 2.05) is 13.8 Å². The first-order valence-electron chi connectivity index (χ1n) is 8.69. The van der Waals surface area contributed by atoms with Crippen molar-refractivity contribution in [2.45, 2.75) is 32.7 Å². The monoisotopic (exact) mass is 402 g/mol. The second-order valence-electron chi connectivity index (χ2n) is 6.36. The SMILES string of the molecule is CC(C)NC(=O)c1ccc(Cl)c(NC(=O)CCc2nc(-c3ccco3)no2)c1. The van der Waals surface area contributed by atoms with Crippen molar-refractivity contribution in [3.05, 3.63) is 53.1 Å². The third-order valence-corrected chi connectivity index (χ3v) is 4.03. The summed E-state index contributed by atoms with van der Waals surface area (Å²) in [6, 6.07) is 8.15. The highest BCUT2D eigenvalue weighted by Gasteiger charge is 2.14. The summed E-state index contributed by atoms with van der Waals surface area (Å²) in [4.78, 5) is 28.6. The summed E-state index contributed by atoms with van der Waals surface area (Å²) in [6.07, 6.45) is 1.88. The molecule has 2 heterocycles. The minimum Gasteiger partial charge on any atom is -0.461 e. The molecule has 28 heavy (non-hydrogen) atoms. The summed E-state index contributed by atoms with van der Waals surface area (Å²) in [5, 5.41) is 9.65. The first-order valence-corrected chi connectivity index (χ1v) is 9.07. The van der Waals surface area contributed by atoms with Gasteiger partial charge in [-0.25, -0.2) is 0 Å². The lowest BCUT2D eigenvalue weighted by atomic mass is 10.1. The van der Waals surface area contributed by atoms with E-state index < -0.39 is 0 Å². The molecule has 2 amide bonds. The number of hydrogen-bond donors (Lipinski definition) is 2. The molecule has 3 aromatic rings. The average molecular weight is 403 g/mol. The second kappa shape index (κ2) is 8.71. The summed E-state index contributed by atoms with van der Waals surface area (Å²) in [5.74, 6) is 0.604. The molecule has 0 unspecified atom stereocenters. The van der Waals surface area contributed by atoms with Gasteiger partial charge in [-0.15, -0.1) is 0 Å². The van der Waals surface area contributed by atoms with Crippen molar-refractivity contribution < 1.29 is 18.5 Å². The Morgan fingerprint density at radius 2 is 2.07 bits per heavy atom. The van der Waals surface area contributed by atoms with Crippen LogP contribution in [0.4, 0.5) is 5.69 Å². The van der Waals surface area contributed by atoms with Crippen LogP contribution in [0.1, 0.15) is 36.5 Å². The molecule has 146 valence electrons. The lowest BCUT2D eigenvalue weighted by Crippen LogP contribution is -2.30. The highest BCUT2D eigenvalue weighted by molar-refractivity contribution is 6.33. The number of benzene rings is 1. The van der Waals surface area contributed by atoms with Crippen molar-refractivity contribution >= 4 is 29.1 Å². The largest absolute Gasteiger partial charge is 0.461 e. The van der Waals surface area contributed by atoms with Crippen molar-refractivity contribution in [2.75, 3.05) is 5.32 Å². The summed E-state index contributed by atoms with van der Waals surface area (Å²) in [7, 11) is 0. The number of amides is 2. The number of halogens is 1. The Morgan fingerprint density at radius 3 is 2.79 bits per heavy atom. The molecule has 0 saturated heterocycles. The molecular weight excluding hydrogens is 384 g/mol. The third-order valence-electron chi connectivity index (χ3n) is 3.70. The molecular formula is C19H19ClN4O4. The maximum absolute atomic E-state index is 12.3. The standard InChI is InChI=1S/C19H19ClN4O4/c1-11(2)21-19(26)12-5-6-13(20)14(10-12)22-16(25)7-8-17-23-18(24-28-17)15-4-3-9-27-15/h3-6,9-11H,7-8H2,1-2H3,(H,21,26)(H,22,25). The molecule has 0 aliphatic carbocycles. The molecule has 2 aromatic heterocycles. The molecule has 0 spiro atoms. The van der Waals surface area contributed by atoms with Gasteiger partial charge in [-0.2, -0.15) is 4.98 Å². The molecule has 0 saturated carbocycles. The van der Waals surface area contributed by atoms with Gasteiger partial charge in [-0.3, -0.25) is 9.59 Å². The average Bonchev–Trinajstić information content (AvgIpc) is 3.32. The number of aromatic nitrogens is 2. The van der Waals surface area contributed by atoms with Crippen LogP contribution in [0.25, 0.3) is 11.6 Å². The molecule has 0 radical (unpaired) electrons. The number of hydrogen-bond acceptors (Lipinski definition) is 6. The zero-order chi connectivity index (χ0) is 20.1. The molecule has 3 rings (SSSR count). The molecule has 8 nitrogen and oxygen atoms in total. The third kappa shape index (κ3) is 4.98. The van der Waals surface area contributed by atoms with E-state index in [1.165, 1.54) is 6.26 Å². The van der Waals surface area contributed by atoms with E-state index in [0.29, 0.717) is 33.7 Å². The van der Waals surface area contributed by atoms with Gasteiger partial charge in [0.25, 0.3) is 5.91 Å². The number of furan rings is 1. The number of aryl methyl sites for hydroxylation is 1. The molecule has 0 aliphatic rings. The number of carbonyl (C=O) groups excluding carboxylic acids is 2. The van der Waals surface area contributed by atoms with E-state index in [1.54, 1.807) is 30.3 Å². The molecule has 9 heteroatoms. The van der Waals surface area contributed by atoms with Crippen LogP contribution >= 0.6 is 11.6 Å². The van der Waals surface area contributed by atoms with Crippen molar-refractivity contribution in [1.29, 1.82) is 0 Å². The fourth-order valence-electron chi connectivity index (χ4n) is 2.40. The smallest absolute Gasteiger partial charge is 0.251 e. The molecule has 0 fully saturated rings. The minimum atomic E-state index is -0.291. The summed E-state index contributed by atoms with van der Waals surface area (Å²) in [5.41, 5.74) is 0.776. The van der Waals surface area contributed by atoms with Crippen LogP contribution < -0.4 is 10.6 Å². The molecule has 2 N–H and O–H groups in total. The van der Waals surface area contributed by atoms with Gasteiger partial charge in [-0.1, -0.05) is 16.8 Å². The first-order chi connectivity index (χ1) is 13.4. The highest BCUT2D eigenvalue weighted by Crippen LogP contribution is 2.23. The van der Waals surface area contributed by atoms with E-state index in [4.69, 9.17) is 20.5 Å². The van der Waals surface area contributed by atoms with E-state index in [0.717, 1.165) is 0 Å². The van der Waals surface area contributed by atoms with Crippen LogP contribution in [0.5, 0.6) is 0 Å². The summed E-state index contributed by atoms with van der Waals surface area (Å²) in [6.45, 7) is 3.73. The number of anilines is 1. The Hall–Kier alpha value is -3.13. The highest BCUT2D eigenvalue weighted by atomic mass is 35.5. The van der Waals surface area contributed by atoms with Crippen LogP contribution in [0.3, 0.4) is 0 Å². The zero-order valence-corrected chi connectivity index (χ0v) is 16.1. The van der Waals surface area contributed by atoms with Crippen LogP contribution in [-0.2, 0) is 11.2 Å². The van der Waals surface area contributed by atoms with Crippen molar-refractivity contribution in [2.24, 2.45) is 0 Å². The van der Waals surface area contributed by atoms with Crippen molar-refractivity contribution in [3.8, 4) is 11.6 Å². The van der Waals surface area contributed by atoms with Crippen molar-refractivity contribution in [1.82, 2.24) is 15.5 Å². The van der Waals surface area contributed by atoms with Gasteiger partial charge in [0, 0.05) is 24.4 Å². The number of nitrogens with one attached hydrogen (secondary N) is 2. The zero-order valence-electron chi connectivity index (χ0n) is 15.4. The van der Waals surface area contributed by atoms with Gasteiger partial charge in [0.2, 0.25) is 17.6 Å². The minimum absolute atomic E-state index is 0.00157. The van der Waals surface area contributed by atoms with E-state index in [-0.39, 0.29) is 30.7 Å². The predicted molar refractivity (Wildman–Crippen MR) is 103 cm³/mol. The Kier molecular flexibility index (Phi) is 6.10. The van der Waals surface area contributed by atoms with Crippen LogP contribution in [0, 0.1) is 0 Å². The Morgan fingerprint density at radius 1 is 1.25 bits per heavy atom. The van der Waals surface area contributed by atoms with Gasteiger partial charge < -0.3 is 19.6 Å². The molecule has 0 atom stereocenters. The lowest BCUT2D eigenvalue weighted by Gasteiger charge is -2.11. The lowest BCUT2D eigenvalue weighted by molar-refractivity contribution is -0.116. The fourth-order valence-corrected chi connectivity index (χ4v) is 2.57. The first kappa shape index (κ1) is 19.6. The van der Waals surface area contributed by atoms with E-state index in [9.17, 15) is 9.59 Å². The van der Waals surface area contributed by atoms with Gasteiger partial charge >= 0.3 is 0 Å². The number of nitrogens with zero attached hydrogens (tertiary/aromatic N) is 2. The summed E-state index contributed by atoms with van der Waals surface area (Å²) >= 11 is 6.13. The van der Waals surface area contributed by atoms with Gasteiger partial charge in [0.1, 0.15) is 0 Å². The maximum atomic E-state index is 12.3. The maximum Gasteiger partial charge on any atom is 0.251 e. The Labute approximate surface area is 166 Å². The van der Waals surface area contributed by atoms with Gasteiger partial charge in [0.15, 0.2) is 5.76 Å². The van der Waals surface area contributed by atoms with E-state index >= 15 is 0 Å². The quantitative estimate of drug-likeness (QED) is 0.623. The topological polar surface area (TPSA) is 110 Å². The molecule has 0 aliphatic heterocycles. The fraction of sp³-hybridized carbons (Fsp3) is 0.263. The van der Waals surface area contributed by atoms with Crippen LogP contribution in [0.15, 0.2) is 45.5 Å². The number of carbonyl (C=O) groups is 2. The second-order valence-corrected chi connectivity index (χ2v) is 6.77.